The number of Topliss-reactive ketones (excluding diaryl/α,β-unsaturated/α-hetero) is 1. The Morgan fingerprint density at radius 1 is 1.56 bits per heavy atom. The second kappa shape index (κ2) is 3.62. The van der Waals surface area contributed by atoms with Crippen molar-refractivity contribution in [2.24, 2.45) is 0 Å². The lowest BCUT2D eigenvalue weighted by atomic mass is 10.2. The van der Waals surface area contributed by atoms with Gasteiger partial charge in [-0.1, -0.05) is 0 Å². The molecule has 2 heterocycles. The molecule has 1 aliphatic rings. The maximum absolute atomic E-state index is 11.3. The number of carboxylic acid groups (broad SMARTS) is 1. The minimum Gasteiger partial charge on any atom is -0.465 e. The van der Waals surface area contributed by atoms with E-state index in [2.05, 4.69) is 4.98 Å². The van der Waals surface area contributed by atoms with Crippen LogP contribution in [0.4, 0.5) is 4.79 Å². The number of imidazole rings is 1. The molecule has 6 nitrogen and oxygen atoms in total. The van der Waals surface area contributed by atoms with E-state index in [1.807, 2.05) is 11.5 Å². The second-order valence-electron chi connectivity index (χ2n) is 4.01. The van der Waals surface area contributed by atoms with Gasteiger partial charge in [0.15, 0.2) is 11.6 Å². The van der Waals surface area contributed by atoms with Crippen LogP contribution in [0, 0.1) is 0 Å². The quantitative estimate of drug-likeness (QED) is 0.724. The van der Waals surface area contributed by atoms with E-state index in [0.29, 0.717) is 18.9 Å². The zero-order chi connectivity index (χ0) is 11.9. The fraction of sp³-hybridized carbons (Fsp3) is 0.500. The van der Waals surface area contributed by atoms with E-state index >= 15 is 0 Å². The summed E-state index contributed by atoms with van der Waals surface area (Å²) in [6.07, 6.45) is 0.631. The molecule has 2 rings (SSSR count). The van der Waals surface area contributed by atoms with Crippen molar-refractivity contribution in [2.75, 3.05) is 6.54 Å². The summed E-state index contributed by atoms with van der Waals surface area (Å²) in [5.41, 5.74) is 0.770. The molecule has 0 unspecified atom stereocenters. The Labute approximate surface area is 92.5 Å². The fourth-order valence-electron chi connectivity index (χ4n) is 2.07. The van der Waals surface area contributed by atoms with Gasteiger partial charge in [0.25, 0.3) is 0 Å². The molecule has 0 spiro atoms. The van der Waals surface area contributed by atoms with Gasteiger partial charge >= 0.3 is 6.09 Å². The van der Waals surface area contributed by atoms with Crippen LogP contribution in [0.15, 0.2) is 6.20 Å². The number of rotatable bonds is 1. The summed E-state index contributed by atoms with van der Waals surface area (Å²) in [5, 5.41) is 8.93. The predicted octanol–water partition coefficient (Wildman–Crippen LogP) is 1.14. The van der Waals surface area contributed by atoms with Crippen LogP contribution in [0.25, 0.3) is 0 Å². The van der Waals surface area contributed by atoms with E-state index in [0.717, 1.165) is 5.69 Å². The standard InChI is InChI=1S/C10H13N3O3/c1-6-4-12(10(15)16)5-8-3-11-9(7(2)14)13(6)8/h3,6H,4-5H2,1-2H3,(H,15,16)/t6-/m0/s1. The van der Waals surface area contributed by atoms with Crippen molar-refractivity contribution in [1.82, 2.24) is 14.5 Å². The van der Waals surface area contributed by atoms with Crippen LogP contribution in [-0.4, -0.2) is 38.0 Å². The van der Waals surface area contributed by atoms with Crippen molar-refractivity contribution in [3.8, 4) is 0 Å². The van der Waals surface area contributed by atoms with Crippen LogP contribution in [0.2, 0.25) is 0 Å². The largest absolute Gasteiger partial charge is 0.465 e. The summed E-state index contributed by atoms with van der Waals surface area (Å²) in [5.74, 6) is 0.314. The summed E-state index contributed by atoms with van der Waals surface area (Å²) in [6.45, 7) is 4.03. The first-order chi connectivity index (χ1) is 7.50. The van der Waals surface area contributed by atoms with Gasteiger partial charge in [-0.25, -0.2) is 9.78 Å². The minimum absolute atomic E-state index is 0.0544. The zero-order valence-corrected chi connectivity index (χ0v) is 9.17. The number of carbonyl (C=O) groups excluding carboxylic acids is 1. The Kier molecular flexibility index (Phi) is 2.41. The van der Waals surface area contributed by atoms with Crippen LogP contribution < -0.4 is 0 Å². The van der Waals surface area contributed by atoms with Crippen molar-refractivity contribution in [2.45, 2.75) is 26.4 Å². The van der Waals surface area contributed by atoms with Crippen LogP contribution in [-0.2, 0) is 6.54 Å². The van der Waals surface area contributed by atoms with Gasteiger partial charge in [-0.05, 0) is 6.92 Å². The number of ketones is 1. The van der Waals surface area contributed by atoms with Gasteiger partial charge in [0, 0.05) is 13.5 Å². The van der Waals surface area contributed by atoms with Crippen molar-refractivity contribution in [3.05, 3.63) is 17.7 Å². The first-order valence-electron chi connectivity index (χ1n) is 5.05. The number of fused-ring (bicyclic) bond motifs is 1. The molecule has 1 aliphatic heterocycles. The predicted molar refractivity (Wildman–Crippen MR) is 55.4 cm³/mol. The van der Waals surface area contributed by atoms with Gasteiger partial charge in [0.05, 0.1) is 24.5 Å². The third-order valence-corrected chi connectivity index (χ3v) is 2.74. The Hall–Kier alpha value is -1.85. The zero-order valence-electron chi connectivity index (χ0n) is 9.17. The monoisotopic (exact) mass is 223 g/mol. The van der Waals surface area contributed by atoms with E-state index in [-0.39, 0.29) is 11.8 Å². The van der Waals surface area contributed by atoms with Crippen LogP contribution >= 0.6 is 0 Å². The molecule has 0 radical (unpaired) electrons. The highest BCUT2D eigenvalue weighted by atomic mass is 16.4. The third-order valence-electron chi connectivity index (χ3n) is 2.74. The normalized spacial score (nSPS) is 19.4. The molecule has 1 amide bonds. The van der Waals surface area contributed by atoms with Gasteiger partial charge in [-0.15, -0.1) is 0 Å². The van der Waals surface area contributed by atoms with Crippen LogP contribution in [0.5, 0.6) is 0 Å². The maximum atomic E-state index is 11.3. The van der Waals surface area contributed by atoms with Crippen molar-refractivity contribution in [1.29, 1.82) is 0 Å². The van der Waals surface area contributed by atoms with Gasteiger partial charge in [0.2, 0.25) is 0 Å². The first kappa shape index (κ1) is 10.7. The highest BCUT2D eigenvalue weighted by Gasteiger charge is 2.28. The molecule has 0 bridgehead atoms. The average molecular weight is 223 g/mol. The van der Waals surface area contributed by atoms with Gasteiger partial charge in [-0.2, -0.15) is 0 Å². The summed E-state index contributed by atoms with van der Waals surface area (Å²) in [4.78, 5) is 27.6. The molecule has 1 N–H and O–H groups in total. The smallest absolute Gasteiger partial charge is 0.407 e. The maximum Gasteiger partial charge on any atom is 0.407 e. The lowest BCUT2D eigenvalue weighted by Crippen LogP contribution is -2.39. The Bertz CT molecular complexity index is 452. The molecule has 86 valence electrons. The Morgan fingerprint density at radius 2 is 2.25 bits per heavy atom. The molecule has 1 aromatic heterocycles. The molecule has 0 aromatic carbocycles. The van der Waals surface area contributed by atoms with Gasteiger partial charge in [-0.3, -0.25) is 4.79 Å². The lowest BCUT2D eigenvalue weighted by Gasteiger charge is -2.31. The molecule has 16 heavy (non-hydrogen) atoms. The molecule has 0 saturated carbocycles. The van der Waals surface area contributed by atoms with E-state index in [1.54, 1.807) is 6.20 Å². The van der Waals surface area contributed by atoms with E-state index < -0.39 is 6.09 Å². The summed E-state index contributed by atoms with van der Waals surface area (Å²) in [6, 6.07) is -0.0544. The Morgan fingerprint density at radius 3 is 2.81 bits per heavy atom. The minimum atomic E-state index is -0.941. The number of aromatic nitrogens is 2. The average Bonchev–Trinajstić information content (AvgIpc) is 2.61. The highest BCUT2D eigenvalue weighted by Crippen LogP contribution is 2.23. The van der Waals surface area contributed by atoms with Gasteiger partial charge in [0.1, 0.15) is 0 Å². The second-order valence-corrected chi connectivity index (χ2v) is 4.01. The molecule has 1 aromatic rings. The summed E-state index contributed by atoms with van der Waals surface area (Å²) in [7, 11) is 0. The summed E-state index contributed by atoms with van der Waals surface area (Å²) < 4.78 is 1.82. The molecule has 6 heteroatoms. The molecular formula is C10H13N3O3. The highest BCUT2D eigenvalue weighted by molar-refractivity contribution is 5.90. The van der Waals surface area contributed by atoms with E-state index in [9.17, 15) is 9.59 Å². The number of amides is 1. The number of nitrogens with zero attached hydrogens (tertiary/aromatic N) is 3. The van der Waals surface area contributed by atoms with Crippen molar-refractivity contribution >= 4 is 11.9 Å². The number of hydrogen-bond donors (Lipinski definition) is 1. The van der Waals surface area contributed by atoms with Crippen molar-refractivity contribution < 1.29 is 14.7 Å². The summed E-state index contributed by atoms with van der Waals surface area (Å²) >= 11 is 0. The molecule has 0 aliphatic carbocycles. The van der Waals surface area contributed by atoms with Gasteiger partial charge < -0.3 is 14.6 Å². The Balaban J connectivity index is 2.39. The number of hydrogen-bond acceptors (Lipinski definition) is 3. The first-order valence-corrected chi connectivity index (χ1v) is 5.05. The topological polar surface area (TPSA) is 75.4 Å². The molecular weight excluding hydrogens is 210 g/mol. The molecule has 0 fully saturated rings. The molecule has 1 atom stereocenters. The fourth-order valence-corrected chi connectivity index (χ4v) is 2.07. The van der Waals surface area contributed by atoms with E-state index in [4.69, 9.17) is 5.11 Å². The lowest BCUT2D eigenvalue weighted by molar-refractivity contribution is 0.0988. The van der Waals surface area contributed by atoms with Crippen LogP contribution in [0.3, 0.4) is 0 Å². The SMILES string of the molecule is CC(=O)c1ncc2n1[C@@H](C)CN(C(=O)O)C2. The van der Waals surface area contributed by atoms with Crippen LogP contribution in [0.1, 0.15) is 36.2 Å². The third kappa shape index (κ3) is 1.56. The number of carbonyl (C=O) groups is 2. The van der Waals surface area contributed by atoms with Crippen molar-refractivity contribution in [3.63, 3.8) is 0 Å². The van der Waals surface area contributed by atoms with E-state index in [1.165, 1.54) is 11.8 Å². The molecule has 0 saturated heterocycles.